The number of rotatable bonds is 1. The molecule has 1 saturated carbocycles. The molecule has 5 rings (SSSR count). The first-order valence-electron chi connectivity index (χ1n) is 8.46. The molecule has 2 saturated heterocycles. The van der Waals surface area contributed by atoms with E-state index in [0.717, 1.165) is 69.2 Å². The number of aryl methyl sites for hydroxylation is 1. The van der Waals surface area contributed by atoms with Gasteiger partial charge in [0.25, 0.3) is 0 Å². The van der Waals surface area contributed by atoms with Crippen LogP contribution in [-0.4, -0.2) is 59.0 Å². The van der Waals surface area contributed by atoms with Crippen LogP contribution in [0.4, 0.5) is 5.82 Å². The van der Waals surface area contributed by atoms with Crippen LogP contribution in [0.25, 0.3) is 0 Å². The van der Waals surface area contributed by atoms with Gasteiger partial charge in [0, 0.05) is 38.9 Å². The summed E-state index contributed by atoms with van der Waals surface area (Å²) < 4.78 is 8.03. The topological polar surface area (TPSA) is 45.9 Å². The maximum Gasteiger partial charge on any atom is 0.202 e. The number of anilines is 1. The summed E-state index contributed by atoms with van der Waals surface area (Å²) in [6, 6.07) is 2.07. The summed E-state index contributed by atoms with van der Waals surface area (Å²) >= 11 is 0. The van der Waals surface area contributed by atoms with Crippen molar-refractivity contribution in [3.63, 3.8) is 0 Å². The molecule has 0 amide bonds. The molecule has 0 bridgehead atoms. The Hall–Kier alpha value is -1.56. The minimum Gasteiger partial charge on any atom is -0.374 e. The van der Waals surface area contributed by atoms with Crippen molar-refractivity contribution in [3.8, 4) is 0 Å². The second-order valence-electron chi connectivity index (χ2n) is 7.15. The van der Waals surface area contributed by atoms with Gasteiger partial charge in [0.2, 0.25) is 5.96 Å². The molecule has 2 unspecified atom stereocenters. The zero-order chi connectivity index (χ0) is 14.7. The molecule has 6 nitrogen and oxygen atoms in total. The molecule has 3 fully saturated rings. The number of aromatic nitrogens is 2. The van der Waals surface area contributed by atoms with E-state index in [-0.39, 0.29) is 5.60 Å². The summed E-state index contributed by atoms with van der Waals surface area (Å²) in [6.07, 6.45) is 5.71. The highest BCUT2D eigenvalue weighted by Gasteiger charge is 2.59. The van der Waals surface area contributed by atoms with Gasteiger partial charge >= 0.3 is 0 Å². The van der Waals surface area contributed by atoms with Crippen LogP contribution < -0.4 is 4.90 Å². The molecule has 6 heteroatoms. The number of hydrogen-bond donors (Lipinski definition) is 0. The van der Waals surface area contributed by atoms with Crippen LogP contribution in [0.15, 0.2) is 17.3 Å². The van der Waals surface area contributed by atoms with Crippen molar-refractivity contribution in [3.05, 3.63) is 12.3 Å². The third-order valence-electron chi connectivity index (χ3n) is 5.87. The molecule has 0 N–H and O–H groups in total. The van der Waals surface area contributed by atoms with E-state index >= 15 is 0 Å². The van der Waals surface area contributed by atoms with Crippen molar-refractivity contribution in [2.45, 2.75) is 24.9 Å². The average molecular weight is 301 g/mol. The van der Waals surface area contributed by atoms with Gasteiger partial charge in [0.05, 0.1) is 18.8 Å². The summed E-state index contributed by atoms with van der Waals surface area (Å²) in [5.74, 6) is 3.85. The summed E-state index contributed by atoms with van der Waals surface area (Å²) in [6.45, 7) is 4.94. The van der Waals surface area contributed by atoms with Crippen LogP contribution in [0.3, 0.4) is 0 Å². The summed E-state index contributed by atoms with van der Waals surface area (Å²) in [5.41, 5.74) is 0.205. The van der Waals surface area contributed by atoms with Crippen molar-refractivity contribution in [1.29, 1.82) is 0 Å². The third kappa shape index (κ3) is 1.82. The maximum absolute atomic E-state index is 6.17. The normalized spacial score (nSPS) is 32.5. The first kappa shape index (κ1) is 12.9. The predicted octanol–water partition coefficient (Wildman–Crippen LogP) is 1.10. The lowest BCUT2D eigenvalue weighted by Crippen LogP contribution is -2.51. The number of aliphatic imine (C=N–C) groups is 1. The fourth-order valence-electron chi connectivity index (χ4n) is 4.53. The molecule has 118 valence electrons. The molecule has 2 atom stereocenters. The van der Waals surface area contributed by atoms with Crippen molar-refractivity contribution in [2.75, 3.05) is 37.7 Å². The van der Waals surface area contributed by atoms with E-state index in [4.69, 9.17) is 9.73 Å². The molecule has 4 aliphatic rings. The molecule has 1 aromatic heterocycles. The minimum atomic E-state index is 0.205. The number of fused-ring (bicyclic) bond motifs is 2. The Labute approximate surface area is 130 Å². The van der Waals surface area contributed by atoms with Gasteiger partial charge < -0.3 is 9.64 Å². The van der Waals surface area contributed by atoms with Gasteiger partial charge in [-0.1, -0.05) is 0 Å². The lowest BCUT2D eigenvalue weighted by molar-refractivity contribution is -0.0583. The fourth-order valence-corrected chi connectivity index (χ4v) is 4.53. The van der Waals surface area contributed by atoms with Crippen LogP contribution in [0, 0.1) is 11.8 Å². The van der Waals surface area contributed by atoms with E-state index in [1.807, 2.05) is 17.9 Å². The van der Waals surface area contributed by atoms with Crippen molar-refractivity contribution >= 4 is 11.8 Å². The summed E-state index contributed by atoms with van der Waals surface area (Å²) in [4.78, 5) is 9.44. The number of ether oxygens (including phenoxy) is 1. The van der Waals surface area contributed by atoms with Gasteiger partial charge in [-0.15, -0.1) is 0 Å². The summed E-state index contributed by atoms with van der Waals surface area (Å²) in [5, 5.41) is 4.54. The Kier molecular flexibility index (Phi) is 2.63. The SMILES string of the molecule is Cn1ccc(N2CCN=C2N2CCC3(CC2)OCC2CC23)n1. The Morgan fingerprint density at radius 1 is 1.27 bits per heavy atom. The Morgan fingerprint density at radius 2 is 2.14 bits per heavy atom. The van der Waals surface area contributed by atoms with E-state index in [1.54, 1.807) is 0 Å². The molecular formula is C16H23N5O. The maximum atomic E-state index is 6.17. The Balaban J connectivity index is 1.31. The first-order chi connectivity index (χ1) is 10.8. The molecule has 0 aromatic carbocycles. The first-order valence-corrected chi connectivity index (χ1v) is 8.46. The van der Waals surface area contributed by atoms with Gasteiger partial charge in [-0.05, 0) is 31.1 Å². The second-order valence-corrected chi connectivity index (χ2v) is 7.15. The largest absolute Gasteiger partial charge is 0.374 e. The van der Waals surface area contributed by atoms with Crippen molar-refractivity contribution in [2.24, 2.45) is 23.9 Å². The zero-order valence-corrected chi connectivity index (χ0v) is 13.1. The molecule has 1 spiro atoms. The van der Waals surface area contributed by atoms with Crippen LogP contribution in [-0.2, 0) is 11.8 Å². The Morgan fingerprint density at radius 3 is 2.77 bits per heavy atom. The number of hydrogen-bond acceptors (Lipinski definition) is 5. The lowest BCUT2D eigenvalue weighted by atomic mass is 9.87. The van der Waals surface area contributed by atoms with Crippen LogP contribution in [0.5, 0.6) is 0 Å². The van der Waals surface area contributed by atoms with Crippen LogP contribution in [0.1, 0.15) is 19.3 Å². The van der Waals surface area contributed by atoms with Gasteiger partial charge in [-0.3, -0.25) is 14.6 Å². The molecule has 1 aliphatic carbocycles. The van der Waals surface area contributed by atoms with E-state index in [9.17, 15) is 0 Å². The molecule has 1 aromatic rings. The minimum absolute atomic E-state index is 0.205. The highest BCUT2D eigenvalue weighted by atomic mass is 16.5. The van der Waals surface area contributed by atoms with Gasteiger partial charge in [0.15, 0.2) is 5.82 Å². The third-order valence-corrected chi connectivity index (χ3v) is 5.87. The van der Waals surface area contributed by atoms with Gasteiger partial charge in [-0.2, -0.15) is 5.10 Å². The zero-order valence-electron chi connectivity index (χ0n) is 13.1. The number of piperidine rings is 1. The number of guanidine groups is 1. The van der Waals surface area contributed by atoms with E-state index in [2.05, 4.69) is 21.0 Å². The smallest absolute Gasteiger partial charge is 0.202 e. The molecule has 4 heterocycles. The van der Waals surface area contributed by atoms with Crippen molar-refractivity contribution in [1.82, 2.24) is 14.7 Å². The van der Waals surface area contributed by atoms with Gasteiger partial charge in [-0.25, -0.2) is 0 Å². The Bertz CT molecular complexity index is 616. The quantitative estimate of drug-likeness (QED) is 0.779. The standard InChI is InChI=1S/C16H23N5O/c1-19-6-2-14(18-19)21-9-5-17-15(21)20-7-3-16(4-8-20)13-10-12(13)11-22-16/h2,6,12-13H,3-5,7-11H2,1H3. The highest BCUT2D eigenvalue weighted by molar-refractivity contribution is 5.96. The molecule has 0 radical (unpaired) electrons. The number of nitrogens with zero attached hydrogens (tertiary/aromatic N) is 5. The average Bonchev–Trinajstić information content (AvgIpc) is 2.87. The van der Waals surface area contributed by atoms with Crippen LogP contribution >= 0.6 is 0 Å². The lowest BCUT2D eigenvalue weighted by Gasteiger charge is -2.42. The number of likely N-dealkylation sites (tertiary alicyclic amines) is 1. The van der Waals surface area contributed by atoms with E-state index in [0.29, 0.717) is 0 Å². The monoisotopic (exact) mass is 301 g/mol. The molecule has 22 heavy (non-hydrogen) atoms. The van der Waals surface area contributed by atoms with E-state index in [1.165, 1.54) is 6.42 Å². The molecular weight excluding hydrogens is 278 g/mol. The summed E-state index contributed by atoms with van der Waals surface area (Å²) in [7, 11) is 1.96. The second kappa shape index (κ2) is 4.47. The van der Waals surface area contributed by atoms with E-state index < -0.39 is 0 Å². The van der Waals surface area contributed by atoms with Gasteiger partial charge in [0.1, 0.15) is 0 Å². The molecule has 3 aliphatic heterocycles. The fraction of sp³-hybridized carbons (Fsp3) is 0.750. The van der Waals surface area contributed by atoms with Crippen LogP contribution in [0.2, 0.25) is 0 Å². The highest BCUT2D eigenvalue weighted by Crippen LogP contribution is 2.57. The van der Waals surface area contributed by atoms with Crippen molar-refractivity contribution < 1.29 is 4.74 Å². The predicted molar refractivity (Wildman–Crippen MR) is 83.9 cm³/mol.